The van der Waals surface area contributed by atoms with E-state index in [1.54, 1.807) is 6.08 Å². The third-order valence-electron chi connectivity index (χ3n) is 17.4. The number of carbonyl (C=O) groups is 2. The number of rotatable bonds is 64. The molecule has 1 rings (SSSR count). The fourth-order valence-electron chi connectivity index (χ4n) is 11.6. The number of unbranched alkanes of at least 4 members (excludes halogenated alkanes) is 40. The molecule has 0 aromatic heterocycles. The van der Waals surface area contributed by atoms with Gasteiger partial charge < -0.3 is 45.1 Å². The van der Waals surface area contributed by atoms with Gasteiger partial charge in [-0.2, -0.15) is 0 Å². The summed E-state index contributed by atoms with van der Waals surface area (Å²) in [7, 11) is 0. The highest BCUT2D eigenvalue weighted by atomic mass is 16.7. The van der Waals surface area contributed by atoms with Gasteiger partial charge in [-0.3, -0.25) is 9.59 Å². The zero-order valence-electron chi connectivity index (χ0n) is 57.1. The first-order chi connectivity index (χ1) is 43.2. The molecule has 0 bridgehead atoms. The predicted molar refractivity (Wildman–Crippen MR) is 370 cm³/mol. The molecule has 1 heterocycles. The summed E-state index contributed by atoms with van der Waals surface area (Å²) in [5.74, 6) is -1.20. The van der Waals surface area contributed by atoms with Crippen LogP contribution in [0, 0.1) is 0 Å². The van der Waals surface area contributed by atoms with Gasteiger partial charge in [0.2, 0.25) is 5.91 Å². The molecule has 1 fully saturated rings. The number of ether oxygens (including phenoxy) is 3. The van der Waals surface area contributed by atoms with Crippen molar-refractivity contribution in [3.8, 4) is 0 Å². The lowest BCUT2D eigenvalue weighted by atomic mass is 9.99. The molecule has 1 amide bonds. The summed E-state index contributed by atoms with van der Waals surface area (Å²) in [6, 6.07) is -1.04. The van der Waals surface area contributed by atoms with Crippen LogP contribution in [0.15, 0.2) is 72.9 Å². The van der Waals surface area contributed by atoms with Crippen molar-refractivity contribution < 1.29 is 49.3 Å². The van der Waals surface area contributed by atoms with Crippen molar-refractivity contribution in [3.63, 3.8) is 0 Å². The molecule has 0 aromatic rings. The molecule has 0 radical (unpaired) electrons. The summed E-state index contributed by atoms with van der Waals surface area (Å²) in [4.78, 5) is 26.7. The van der Waals surface area contributed by atoms with Crippen LogP contribution in [0.1, 0.15) is 342 Å². The van der Waals surface area contributed by atoms with Crippen LogP contribution < -0.4 is 5.32 Å². The van der Waals surface area contributed by atoms with Crippen LogP contribution in [0.2, 0.25) is 0 Å². The molecule has 0 aromatic carbocycles. The number of esters is 1. The van der Waals surface area contributed by atoms with Gasteiger partial charge in [-0.25, -0.2) is 0 Å². The zero-order chi connectivity index (χ0) is 63.9. The minimum absolute atomic E-state index is 0.123. The lowest BCUT2D eigenvalue weighted by molar-refractivity contribution is -0.305. The summed E-state index contributed by atoms with van der Waals surface area (Å²) in [5.41, 5.74) is 0. The number of aliphatic hydroxyl groups excluding tert-OH is 5. The number of nitrogens with one attached hydrogen (secondary N) is 1. The van der Waals surface area contributed by atoms with E-state index >= 15 is 0 Å². The van der Waals surface area contributed by atoms with E-state index in [9.17, 15) is 35.1 Å². The van der Waals surface area contributed by atoms with Crippen LogP contribution >= 0.6 is 0 Å². The van der Waals surface area contributed by atoms with Crippen LogP contribution in [0.25, 0.3) is 0 Å². The second kappa shape index (κ2) is 64.2. The van der Waals surface area contributed by atoms with Crippen molar-refractivity contribution in [1.29, 1.82) is 0 Å². The van der Waals surface area contributed by atoms with Gasteiger partial charge in [0.05, 0.1) is 25.4 Å². The average molecular weight is 1240 g/mol. The maximum Gasteiger partial charge on any atom is 0.306 e. The largest absolute Gasteiger partial charge is 0.454 e. The normalized spacial score (nSPS) is 18.6. The van der Waals surface area contributed by atoms with Gasteiger partial charge in [-0.15, -0.1) is 0 Å². The van der Waals surface area contributed by atoms with E-state index in [1.807, 2.05) is 6.08 Å². The molecule has 1 saturated heterocycles. The molecule has 0 aliphatic carbocycles. The minimum Gasteiger partial charge on any atom is -0.454 e. The Balaban J connectivity index is 2.53. The second-order valence-corrected chi connectivity index (χ2v) is 25.7. The summed E-state index contributed by atoms with van der Waals surface area (Å²) < 4.78 is 17.7. The molecule has 1 aliphatic rings. The van der Waals surface area contributed by atoms with Crippen molar-refractivity contribution in [1.82, 2.24) is 5.32 Å². The third kappa shape index (κ3) is 50.7. The molecule has 11 nitrogen and oxygen atoms in total. The molecular formula is C77H139NO10. The number of hydrogen-bond donors (Lipinski definition) is 6. The third-order valence-corrected chi connectivity index (χ3v) is 17.4. The van der Waals surface area contributed by atoms with E-state index < -0.39 is 67.4 Å². The van der Waals surface area contributed by atoms with Crippen molar-refractivity contribution >= 4 is 11.9 Å². The Morgan fingerprint density at radius 3 is 1.23 bits per heavy atom. The monoisotopic (exact) mass is 1240 g/mol. The van der Waals surface area contributed by atoms with Crippen molar-refractivity contribution in [2.45, 2.75) is 391 Å². The summed E-state index contributed by atoms with van der Waals surface area (Å²) in [5, 5.41) is 57.3. The Morgan fingerprint density at radius 2 is 0.818 bits per heavy atom. The first-order valence-electron chi connectivity index (χ1n) is 37.2. The van der Waals surface area contributed by atoms with Gasteiger partial charge in [0, 0.05) is 6.42 Å². The molecule has 8 unspecified atom stereocenters. The highest BCUT2D eigenvalue weighted by molar-refractivity contribution is 5.80. The van der Waals surface area contributed by atoms with Gasteiger partial charge in [0.15, 0.2) is 12.4 Å². The fraction of sp³-hybridized carbons (Fsp3) is 0.818. The van der Waals surface area contributed by atoms with Crippen LogP contribution in [-0.2, 0) is 23.8 Å². The van der Waals surface area contributed by atoms with E-state index in [1.165, 1.54) is 199 Å². The SMILES string of the molecule is CC/C=C\C/C=C\C/C=C\C/C=C\C/C=C\CCCCCCC(O)C(=O)NC(COC1OC(CO)C(O)C(O)C1OC(=O)CCCCCCCCCCCCCCCCCCCCCCCCCCCCC)C(O)/C=C/CCCCCCCCCCCC. The Hall–Kier alpha value is -2.90. The van der Waals surface area contributed by atoms with Gasteiger partial charge in [-0.05, 0) is 70.6 Å². The maximum atomic E-state index is 13.5. The van der Waals surface area contributed by atoms with Crippen LogP contribution in [0.3, 0.4) is 0 Å². The van der Waals surface area contributed by atoms with Crippen molar-refractivity contribution in [2.24, 2.45) is 0 Å². The first kappa shape index (κ1) is 83.1. The lowest BCUT2D eigenvalue weighted by Gasteiger charge is -2.41. The summed E-state index contributed by atoms with van der Waals surface area (Å²) in [6.07, 6.45) is 73.9. The standard InChI is InChI=1S/C77H139NO10/c1-4-7-10-13-16-19-22-25-27-29-31-33-34-35-36-37-38-39-41-43-45-47-50-53-56-59-62-65-72(82)88-75-74(84)73(83)71(66-79)87-77(75)86-67-68(69(80)63-60-57-54-51-48-24-21-18-15-12-9-6-3)78-76(85)70(81)64-61-58-55-52-49-46-44-42-40-32-30-28-26-23-20-17-14-11-8-5-2/h8,11,17,20,26,28,32,40,44,46,60,63,68-71,73-75,77,79-81,83-84H,4-7,9-10,12-16,18-19,21-25,27,29-31,33-39,41-43,45,47-59,61-62,64-67H2,1-3H3,(H,78,85)/b11-8-,20-17-,28-26-,40-32-,46-44-,63-60+. The fourth-order valence-corrected chi connectivity index (χ4v) is 11.6. The summed E-state index contributed by atoms with van der Waals surface area (Å²) >= 11 is 0. The molecule has 8 atom stereocenters. The molecule has 512 valence electrons. The zero-order valence-corrected chi connectivity index (χ0v) is 57.1. The second-order valence-electron chi connectivity index (χ2n) is 25.7. The quantitative estimate of drug-likeness (QED) is 0.0195. The highest BCUT2D eigenvalue weighted by Crippen LogP contribution is 2.26. The Bertz CT molecular complexity index is 1710. The lowest BCUT2D eigenvalue weighted by Crippen LogP contribution is -2.61. The molecule has 6 N–H and O–H groups in total. The smallest absolute Gasteiger partial charge is 0.306 e. The predicted octanol–water partition coefficient (Wildman–Crippen LogP) is 19.5. The van der Waals surface area contributed by atoms with E-state index in [0.29, 0.717) is 12.8 Å². The average Bonchev–Trinajstić information content (AvgIpc) is 2.78. The Morgan fingerprint density at radius 1 is 0.455 bits per heavy atom. The van der Waals surface area contributed by atoms with E-state index in [-0.39, 0.29) is 19.4 Å². The molecule has 0 saturated carbocycles. The number of allylic oxidation sites excluding steroid dienone is 11. The van der Waals surface area contributed by atoms with E-state index in [0.717, 1.165) is 96.3 Å². The van der Waals surface area contributed by atoms with Gasteiger partial charge in [0.25, 0.3) is 0 Å². The Kier molecular flexibility index (Phi) is 60.6. The first-order valence-corrected chi connectivity index (χ1v) is 37.2. The highest BCUT2D eigenvalue weighted by Gasteiger charge is 2.47. The van der Waals surface area contributed by atoms with E-state index in [4.69, 9.17) is 14.2 Å². The van der Waals surface area contributed by atoms with Crippen LogP contribution in [0.5, 0.6) is 0 Å². The topological polar surface area (TPSA) is 175 Å². The van der Waals surface area contributed by atoms with Gasteiger partial charge in [-0.1, -0.05) is 338 Å². The van der Waals surface area contributed by atoms with Crippen molar-refractivity contribution in [3.05, 3.63) is 72.9 Å². The molecule has 1 aliphatic heterocycles. The Labute approximate surface area is 541 Å². The van der Waals surface area contributed by atoms with E-state index in [2.05, 4.69) is 86.8 Å². The minimum atomic E-state index is -1.62. The number of hydrogen-bond acceptors (Lipinski definition) is 10. The van der Waals surface area contributed by atoms with Gasteiger partial charge >= 0.3 is 5.97 Å². The number of amides is 1. The molecule has 88 heavy (non-hydrogen) atoms. The maximum absolute atomic E-state index is 13.5. The summed E-state index contributed by atoms with van der Waals surface area (Å²) in [6.45, 7) is 5.71. The molecule has 0 spiro atoms. The van der Waals surface area contributed by atoms with Gasteiger partial charge in [0.1, 0.15) is 24.4 Å². The molecular weight excluding hydrogens is 1100 g/mol. The number of aliphatic hydroxyl groups is 5. The molecule has 11 heteroatoms. The van der Waals surface area contributed by atoms with Crippen LogP contribution in [-0.4, -0.2) is 99.6 Å². The van der Waals surface area contributed by atoms with Crippen molar-refractivity contribution in [2.75, 3.05) is 13.2 Å². The van der Waals surface area contributed by atoms with Crippen LogP contribution in [0.4, 0.5) is 0 Å². The number of carbonyl (C=O) groups excluding carboxylic acids is 2.